The number of carboxylic acid groups (broad SMARTS) is 1. The van der Waals surface area contributed by atoms with Gasteiger partial charge in [-0.25, -0.2) is 17.6 Å². The molecule has 0 fully saturated rings. The van der Waals surface area contributed by atoms with Gasteiger partial charge in [-0.05, 0) is 24.6 Å². The molecule has 0 bridgehead atoms. The van der Waals surface area contributed by atoms with E-state index in [1.165, 1.54) is 13.0 Å². The summed E-state index contributed by atoms with van der Waals surface area (Å²) < 4.78 is 37.1. The van der Waals surface area contributed by atoms with Crippen LogP contribution in [0.4, 0.5) is 4.39 Å². The lowest BCUT2D eigenvalue weighted by Gasteiger charge is -2.06. The summed E-state index contributed by atoms with van der Waals surface area (Å²) >= 11 is 5.23. The van der Waals surface area contributed by atoms with Gasteiger partial charge >= 0.3 is 5.97 Å². The van der Waals surface area contributed by atoms with Crippen LogP contribution in [0.5, 0.6) is 0 Å². The van der Waals surface area contributed by atoms with Crippen molar-refractivity contribution >= 4 is 27.4 Å². The molecular formula is C11H10ClFO4S. The van der Waals surface area contributed by atoms with Gasteiger partial charge in [-0.2, -0.15) is 0 Å². The normalized spacial score (nSPS) is 11.9. The van der Waals surface area contributed by atoms with E-state index in [9.17, 15) is 17.6 Å². The molecule has 0 spiro atoms. The molecular weight excluding hydrogens is 283 g/mol. The molecule has 1 aromatic rings. The Morgan fingerprint density at radius 1 is 1.50 bits per heavy atom. The molecule has 0 aliphatic heterocycles. The zero-order valence-corrected chi connectivity index (χ0v) is 10.9. The summed E-state index contributed by atoms with van der Waals surface area (Å²) in [5.74, 6) is -2.82. The van der Waals surface area contributed by atoms with Crippen molar-refractivity contribution < 1.29 is 22.7 Å². The minimum absolute atomic E-state index is 0.0386. The van der Waals surface area contributed by atoms with Crippen LogP contribution in [0, 0.1) is 12.7 Å². The second-order valence-electron chi connectivity index (χ2n) is 3.55. The summed E-state index contributed by atoms with van der Waals surface area (Å²) in [5.41, 5.74) is 0.346. The van der Waals surface area contributed by atoms with Crippen molar-refractivity contribution in [3.63, 3.8) is 0 Å². The van der Waals surface area contributed by atoms with Crippen LogP contribution in [-0.4, -0.2) is 25.2 Å². The fourth-order valence-corrected chi connectivity index (χ4v) is 2.72. The van der Waals surface area contributed by atoms with Gasteiger partial charge in [0.25, 0.3) is 0 Å². The van der Waals surface area contributed by atoms with Gasteiger partial charge in [0.2, 0.25) is 0 Å². The summed E-state index contributed by atoms with van der Waals surface area (Å²) in [5, 5.41) is 8.79. The van der Waals surface area contributed by atoms with Gasteiger partial charge in [0.15, 0.2) is 9.84 Å². The minimum Gasteiger partial charge on any atom is -0.478 e. The van der Waals surface area contributed by atoms with Crippen molar-refractivity contribution in [3.05, 3.63) is 40.7 Å². The van der Waals surface area contributed by atoms with Crippen LogP contribution in [0.2, 0.25) is 0 Å². The van der Waals surface area contributed by atoms with Crippen LogP contribution in [0.1, 0.15) is 15.9 Å². The van der Waals surface area contributed by atoms with Crippen LogP contribution in [0.15, 0.2) is 28.6 Å². The lowest BCUT2D eigenvalue weighted by molar-refractivity contribution is 0.0691. The Hall–Kier alpha value is -1.40. The van der Waals surface area contributed by atoms with Gasteiger partial charge < -0.3 is 5.11 Å². The number of halogens is 2. The van der Waals surface area contributed by atoms with E-state index in [0.29, 0.717) is 0 Å². The third-order valence-electron chi connectivity index (χ3n) is 2.22. The zero-order valence-electron chi connectivity index (χ0n) is 9.35. The van der Waals surface area contributed by atoms with Crippen molar-refractivity contribution in [3.8, 4) is 0 Å². The highest BCUT2D eigenvalue weighted by Crippen LogP contribution is 2.20. The predicted molar refractivity (Wildman–Crippen MR) is 65.1 cm³/mol. The van der Waals surface area contributed by atoms with E-state index in [2.05, 4.69) is 0 Å². The molecule has 1 rings (SSSR count). The summed E-state index contributed by atoms with van der Waals surface area (Å²) in [6.45, 7) is 1.30. The summed E-state index contributed by atoms with van der Waals surface area (Å²) in [6, 6.07) is 1.90. The first-order chi connectivity index (χ1) is 8.29. The molecule has 7 heteroatoms. The molecule has 18 heavy (non-hydrogen) atoms. The fraction of sp³-hybridized carbons (Fsp3) is 0.182. The molecule has 0 atom stereocenters. The first kappa shape index (κ1) is 14.7. The van der Waals surface area contributed by atoms with E-state index < -0.39 is 27.2 Å². The molecule has 0 aliphatic carbocycles. The van der Waals surface area contributed by atoms with Crippen molar-refractivity contribution in [1.82, 2.24) is 0 Å². The largest absolute Gasteiger partial charge is 0.478 e. The van der Waals surface area contributed by atoms with E-state index >= 15 is 0 Å². The standard InChI is InChI=1S/C11H10ClFO4S/c1-7-5-8(18(16,17)4-2-3-12)6-9(10(7)13)11(14)15/h2-3,5-6H,4H2,1H3,(H,14,15)/b3-2+. The van der Waals surface area contributed by atoms with Gasteiger partial charge in [-0.3, -0.25) is 0 Å². The molecule has 4 nitrogen and oxygen atoms in total. The first-order valence-corrected chi connectivity index (χ1v) is 6.90. The monoisotopic (exact) mass is 292 g/mol. The molecule has 0 saturated heterocycles. The topological polar surface area (TPSA) is 71.4 Å². The van der Waals surface area contributed by atoms with Crippen molar-refractivity contribution in [1.29, 1.82) is 0 Å². The SMILES string of the molecule is Cc1cc(S(=O)(=O)C/C=C/Cl)cc(C(=O)O)c1F. The van der Waals surface area contributed by atoms with E-state index in [1.807, 2.05) is 0 Å². The number of carboxylic acids is 1. The number of carbonyl (C=O) groups is 1. The Balaban J connectivity index is 3.40. The number of hydrogen-bond donors (Lipinski definition) is 1. The van der Waals surface area contributed by atoms with Crippen LogP contribution in [-0.2, 0) is 9.84 Å². The predicted octanol–water partition coefficient (Wildman–Crippen LogP) is 2.36. The Labute approximate surface area is 109 Å². The van der Waals surface area contributed by atoms with Gasteiger partial charge in [-0.15, -0.1) is 0 Å². The van der Waals surface area contributed by atoms with Gasteiger partial charge in [0.05, 0.1) is 16.2 Å². The maximum atomic E-state index is 13.5. The average molecular weight is 293 g/mol. The third-order valence-corrected chi connectivity index (χ3v) is 3.99. The van der Waals surface area contributed by atoms with E-state index in [0.717, 1.165) is 17.7 Å². The molecule has 0 unspecified atom stereocenters. The minimum atomic E-state index is -3.72. The second kappa shape index (κ2) is 5.49. The van der Waals surface area contributed by atoms with E-state index in [1.54, 1.807) is 0 Å². The molecule has 0 aromatic heterocycles. The molecule has 0 aliphatic rings. The number of hydrogen-bond acceptors (Lipinski definition) is 3. The van der Waals surface area contributed by atoms with Crippen LogP contribution < -0.4 is 0 Å². The van der Waals surface area contributed by atoms with Crippen LogP contribution in [0.25, 0.3) is 0 Å². The molecule has 1 aromatic carbocycles. The van der Waals surface area contributed by atoms with Gasteiger partial charge in [0.1, 0.15) is 5.82 Å². The summed E-state index contributed by atoms with van der Waals surface area (Å²) in [4.78, 5) is 10.6. The van der Waals surface area contributed by atoms with E-state index in [-0.39, 0.29) is 16.2 Å². The van der Waals surface area contributed by atoms with Crippen molar-refractivity contribution in [2.24, 2.45) is 0 Å². The number of benzene rings is 1. The smallest absolute Gasteiger partial charge is 0.338 e. The van der Waals surface area contributed by atoms with Crippen molar-refractivity contribution in [2.75, 3.05) is 5.75 Å². The maximum absolute atomic E-state index is 13.5. The molecule has 1 N–H and O–H groups in total. The van der Waals surface area contributed by atoms with Crippen molar-refractivity contribution in [2.45, 2.75) is 11.8 Å². The maximum Gasteiger partial charge on any atom is 0.338 e. The van der Waals surface area contributed by atoms with Crippen LogP contribution in [0.3, 0.4) is 0 Å². The molecule has 0 saturated carbocycles. The highest BCUT2D eigenvalue weighted by Gasteiger charge is 2.20. The number of rotatable bonds is 4. The quantitative estimate of drug-likeness (QED) is 0.865. The summed E-state index contributed by atoms with van der Waals surface area (Å²) in [6.07, 6.45) is 1.20. The lowest BCUT2D eigenvalue weighted by atomic mass is 10.1. The van der Waals surface area contributed by atoms with Gasteiger partial charge in [0, 0.05) is 5.54 Å². The molecule has 0 amide bonds. The highest BCUT2D eigenvalue weighted by atomic mass is 35.5. The first-order valence-electron chi connectivity index (χ1n) is 4.81. The Morgan fingerprint density at radius 3 is 2.61 bits per heavy atom. The molecule has 98 valence electrons. The average Bonchev–Trinajstić information content (AvgIpc) is 2.29. The zero-order chi connectivity index (χ0) is 13.9. The Morgan fingerprint density at radius 2 is 2.11 bits per heavy atom. The lowest BCUT2D eigenvalue weighted by Crippen LogP contribution is -2.09. The number of sulfone groups is 1. The van der Waals surface area contributed by atoms with Crippen LogP contribution >= 0.6 is 11.6 Å². The second-order valence-corrected chi connectivity index (χ2v) is 5.84. The Bertz CT molecular complexity index is 608. The van der Waals surface area contributed by atoms with Gasteiger partial charge in [-0.1, -0.05) is 17.7 Å². The molecule has 0 radical (unpaired) electrons. The fourth-order valence-electron chi connectivity index (χ4n) is 1.33. The highest BCUT2D eigenvalue weighted by molar-refractivity contribution is 7.91. The van der Waals surface area contributed by atoms with E-state index in [4.69, 9.17) is 16.7 Å². The number of aryl methyl sites for hydroxylation is 1. The molecule has 0 heterocycles. The Kier molecular flexibility index (Phi) is 4.48. The summed E-state index contributed by atoms with van der Waals surface area (Å²) in [7, 11) is -3.72. The third kappa shape index (κ3) is 3.08. The number of aromatic carboxylic acids is 1.